The third kappa shape index (κ3) is 5.41. The summed E-state index contributed by atoms with van der Waals surface area (Å²) in [6.07, 6.45) is 0. The van der Waals surface area contributed by atoms with E-state index in [0.717, 1.165) is 5.56 Å². The molecule has 7 heteroatoms. The van der Waals surface area contributed by atoms with E-state index in [0.29, 0.717) is 16.4 Å². The Kier molecular flexibility index (Phi) is 5.76. The predicted octanol–water partition coefficient (Wildman–Crippen LogP) is 4.30. The van der Waals surface area contributed by atoms with Crippen LogP contribution in [-0.2, 0) is 4.79 Å². The largest absolute Gasteiger partial charge is 0.435 e. The van der Waals surface area contributed by atoms with Gasteiger partial charge < -0.3 is 15.4 Å². The molecule has 0 aliphatic rings. The first kappa shape index (κ1) is 17.0. The molecule has 0 aliphatic heterocycles. The second kappa shape index (κ2) is 7.78. The van der Waals surface area contributed by atoms with E-state index in [1.165, 1.54) is 12.1 Å². The van der Waals surface area contributed by atoms with E-state index in [2.05, 4.69) is 15.4 Å². The minimum atomic E-state index is -2.86. The number of alkyl halides is 2. The molecular formula is C16H15ClF2N2O2. The Morgan fingerprint density at radius 2 is 1.91 bits per heavy atom. The minimum absolute atomic E-state index is 0.0132. The van der Waals surface area contributed by atoms with Crippen LogP contribution in [0, 0.1) is 6.92 Å². The number of rotatable bonds is 6. The summed E-state index contributed by atoms with van der Waals surface area (Å²) in [5, 5.41) is 6.03. The Hall–Kier alpha value is -2.34. The van der Waals surface area contributed by atoms with Crippen molar-refractivity contribution >= 4 is 28.9 Å². The highest BCUT2D eigenvalue weighted by Gasteiger charge is 2.07. The van der Waals surface area contributed by atoms with Crippen LogP contribution >= 0.6 is 11.6 Å². The molecule has 0 saturated carbocycles. The SMILES string of the molecule is Cc1ccc(NC(=O)CNc2ccc(OC(F)F)cc2)c(Cl)c1. The van der Waals surface area contributed by atoms with Gasteiger partial charge in [0.25, 0.3) is 0 Å². The highest BCUT2D eigenvalue weighted by atomic mass is 35.5. The molecule has 0 spiro atoms. The number of aryl methyl sites for hydroxylation is 1. The van der Waals surface area contributed by atoms with Crippen LogP contribution in [0.15, 0.2) is 42.5 Å². The highest BCUT2D eigenvalue weighted by molar-refractivity contribution is 6.33. The maximum atomic E-state index is 12.0. The van der Waals surface area contributed by atoms with Crippen molar-refractivity contribution in [3.8, 4) is 5.75 Å². The van der Waals surface area contributed by atoms with Crippen LogP contribution in [0.1, 0.15) is 5.56 Å². The zero-order valence-electron chi connectivity index (χ0n) is 12.3. The quantitative estimate of drug-likeness (QED) is 0.824. The molecule has 122 valence electrons. The Morgan fingerprint density at radius 3 is 2.52 bits per heavy atom. The van der Waals surface area contributed by atoms with Crippen LogP contribution in [-0.4, -0.2) is 19.1 Å². The van der Waals surface area contributed by atoms with Crippen LogP contribution < -0.4 is 15.4 Å². The number of halogens is 3. The minimum Gasteiger partial charge on any atom is -0.435 e. The molecule has 2 rings (SSSR count). The first-order valence-corrected chi connectivity index (χ1v) is 7.16. The first-order chi connectivity index (χ1) is 10.9. The molecule has 2 aromatic rings. The van der Waals surface area contributed by atoms with Gasteiger partial charge in [-0.2, -0.15) is 8.78 Å². The monoisotopic (exact) mass is 340 g/mol. The van der Waals surface area contributed by atoms with Gasteiger partial charge in [0.1, 0.15) is 5.75 Å². The Balaban J connectivity index is 1.86. The zero-order chi connectivity index (χ0) is 16.8. The van der Waals surface area contributed by atoms with Crippen LogP contribution in [0.5, 0.6) is 5.75 Å². The molecule has 23 heavy (non-hydrogen) atoms. The zero-order valence-corrected chi connectivity index (χ0v) is 13.0. The van der Waals surface area contributed by atoms with E-state index in [4.69, 9.17) is 11.6 Å². The lowest BCUT2D eigenvalue weighted by molar-refractivity contribution is -0.114. The van der Waals surface area contributed by atoms with E-state index >= 15 is 0 Å². The second-order valence-corrected chi connectivity index (χ2v) is 5.20. The molecule has 2 N–H and O–H groups in total. The van der Waals surface area contributed by atoms with Gasteiger partial charge >= 0.3 is 6.61 Å². The molecular weight excluding hydrogens is 326 g/mol. The summed E-state index contributed by atoms with van der Waals surface area (Å²) in [5.74, 6) is -0.218. The molecule has 4 nitrogen and oxygen atoms in total. The van der Waals surface area contributed by atoms with Gasteiger partial charge in [-0.3, -0.25) is 4.79 Å². The van der Waals surface area contributed by atoms with Crippen LogP contribution in [0.2, 0.25) is 5.02 Å². The molecule has 1 amide bonds. The fraction of sp³-hybridized carbons (Fsp3) is 0.188. The number of hydrogen-bond acceptors (Lipinski definition) is 3. The van der Waals surface area contributed by atoms with Gasteiger partial charge in [-0.15, -0.1) is 0 Å². The maximum Gasteiger partial charge on any atom is 0.387 e. The van der Waals surface area contributed by atoms with Crippen molar-refractivity contribution in [1.82, 2.24) is 0 Å². The fourth-order valence-electron chi connectivity index (χ4n) is 1.85. The summed E-state index contributed by atoms with van der Waals surface area (Å²) in [6.45, 7) is -0.946. The molecule has 0 saturated heterocycles. The Morgan fingerprint density at radius 1 is 1.22 bits per heavy atom. The Bertz CT molecular complexity index is 678. The lowest BCUT2D eigenvalue weighted by Crippen LogP contribution is -2.21. The van der Waals surface area contributed by atoms with E-state index in [9.17, 15) is 13.6 Å². The number of hydrogen-bond donors (Lipinski definition) is 2. The van der Waals surface area contributed by atoms with Gasteiger partial charge in [-0.25, -0.2) is 0 Å². The van der Waals surface area contributed by atoms with Gasteiger partial charge in [0.05, 0.1) is 17.3 Å². The number of benzene rings is 2. The number of ether oxygens (including phenoxy) is 1. The molecule has 0 radical (unpaired) electrons. The molecule has 0 aromatic heterocycles. The topological polar surface area (TPSA) is 50.4 Å². The standard InChI is InChI=1S/C16H15ClF2N2O2/c1-10-2-7-14(13(17)8-10)21-15(22)9-20-11-3-5-12(6-4-11)23-16(18)19/h2-8,16,20H,9H2,1H3,(H,21,22). The second-order valence-electron chi connectivity index (χ2n) is 4.79. The van der Waals surface area contributed by atoms with Crippen molar-refractivity contribution in [2.45, 2.75) is 13.5 Å². The van der Waals surface area contributed by atoms with E-state index in [1.54, 1.807) is 24.3 Å². The highest BCUT2D eigenvalue weighted by Crippen LogP contribution is 2.22. The number of nitrogens with one attached hydrogen (secondary N) is 2. The lowest BCUT2D eigenvalue weighted by atomic mass is 10.2. The number of anilines is 2. The van der Waals surface area contributed by atoms with Crippen LogP contribution in [0.4, 0.5) is 20.2 Å². The van der Waals surface area contributed by atoms with Crippen LogP contribution in [0.3, 0.4) is 0 Å². The Labute approximate surface area is 137 Å². The van der Waals surface area contributed by atoms with E-state index in [1.807, 2.05) is 13.0 Å². The molecule has 0 heterocycles. The van der Waals surface area contributed by atoms with Crippen molar-refractivity contribution in [2.24, 2.45) is 0 Å². The summed E-state index contributed by atoms with van der Waals surface area (Å²) < 4.78 is 28.3. The third-order valence-corrected chi connectivity index (χ3v) is 3.24. The lowest BCUT2D eigenvalue weighted by Gasteiger charge is -2.10. The summed E-state index contributed by atoms with van der Waals surface area (Å²) in [7, 11) is 0. The average Bonchev–Trinajstić information content (AvgIpc) is 2.49. The summed E-state index contributed by atoms with van der Waals surface area (Å²) >= 11 is 6.04. The predicted molar refractivity (Wildman–Crippen MR) is 86.4 cm³/mol. The first-order valence-electron chi connectivity index (χ1n) is 6.79. The van der Waals surface area contributed by atoms with Gasteiger partial charge in [0, 0.05) is 5.69 Å². The molecule has 0 aliphatic carbocycles. The van der Waals surface area contributed by atoms with Gasteiger partial charge in [-0.05, 0) is 48.9 Å². The van der Waals surface area contributed by atoms with Gasteiger partial charge in [-0.1, -0.05) is 17.7 Å². The summed E-state index contributed by atoms with van der Waals surface area (Å²) in [6, 6.07) is 11.2. The van der Waals surface area contributed by atoms with E-state index in [-0.39, 0.29) is 18.2 Å². The fourth-order valence-corrected chi connectivity index (χ4v) is 2.13. The maximum absolute atomic E-state index is 12.0. The molecule has 0 fully saturated rings. The molecule has 0 atom stereocenters. The van der Waals surface area contributed by atoms with Crippen molar-refractivity contribution in [2.75, 3.05) is 17.2 Å². The van der Waals surface area contributed by atoms with Crippen molar-refractivity contribution < 1.29 is 18.3 Å². The van der Waals surface area contributed by atoms with Crippen molar-refractivity contribution in [3.05, 3.63) is 53.1 Å². The van der Waals surface area contributed by atoms with Gasteiger partial charge in [0.2, 0.25) is 5.91 Å². The summed E-state index contributed by atoms with van der Waals surface area (Å²) in [4.78, 5) is 11.9. The molecule has 2 aromatic carbocycles. The summed E-state index contributed by atoms with van der Waals surface area (Å²) in [5.41, 5.74) is 2.14. The van der Waals surface area contributed by atoms with Crippen molar-refractivity contribution in [1.29, 1.82) is 0 Å². The number of amides is 1. The van der Waals surface area contributed by atoms with Crippen molar-refractivity contribution in [3.63, 3.8) is 0 Å². The van der Waals surface area contributed by atoms with E-state index < -0.39 is 6.61 Å². The number of carbonyl (C=O) groups excluding carboxylic acids is 1. The molecule has 0 bridgehead atoms. The van der Waals surface area contributed by atoms with Gasteiger partial charge in [0.15, 0.2) is 0 Å². The normalized spacial score (nSPS) is 10.5. The number of carbonyl (C=O) groups is 1. The third-order valence-electron chi connectivity index (χ3n) is 2.93. The average molecular weight is 341 g/mol. The smallest absolute Gasteiger partial charge is 0.387 e. The molecule has 0 unspecified atom stereocenters. The van der Waals surface area contributed by atoms with Crippen LogP contribution in [0.25, 0.3) is 0 Å².